The first-order valence-corrected chi connectivity index (χ1v) is 6.70. The lowest BCUT2D eigenvalue weighted by Crippen LogP contribution is -2.50. The fourth-order valence-corrected chi connectivity index (χ4v) is 3.46. The lowest BCUT2D eigenvalue weighted by Gasteiger charge is -2.19. The van der Waals surface area contributed by atoms with E-state index in [2.05, 4.69) is 31.2 Å². The second-order valence-electron chi connectivity index (χ2n) is 4.82. The first-order chi connectivity index (χ1) is 7.99. The van der Waals surface area contributed by atoms with Crippen LogP contribution in [0.15, 0.2) is 29.2 Å². The van der Waals surface area contributed by atoms with Crippen LogP contribution in [0.3, 0.4) is 0 Å². The summed E-state index contributed by atoms with van der Waals surface area (Å²) in [6, 6.07) is 8.42. The second kappa shape index (κ2) is 4.70. The van der Waals surface area contributed by atoms with Crippen LogP contribution in [0.2, 0.25) is 0 Å². The average Bonchev–Trinajstić information content (AvgIpc) is 2.65. The van der Waals surface area contributed by atoms with E-state index in [1.165, 1.54) is 10.5 Å². The second-order valence-corrected chi connectivity index (χ2v) is 6.19. The minimum absolute atomic E-state index is 0.371. The Morgan fingerprint density at radius 1 is 1.41 bits per heavy atom. The van der Waals surface area contributed by atoms with Crippen molar-refractivity contribution in [3.63, 3.8) is 0 Å². The minimum atomic E-state index is -0.789. The van der Waals surface area contributed by atoms with E-state index in [1.807, 2.05) is 0 Å². The zero-order valence-electron chi connectivity index (χ0n) is 9.98. The molecule has 1 fully saturated rings. The molecule has 0 aromatic heterocycles. The number of carbonyl (C=O) groups excluding carboxylic acids is 1. The molecule has 4 N–H and O–H groups in total. The number of hydrogen-bond donors (Lipinski definition) is 2. The first-order valence-electron chi connectivity index (χ1n) is 5.82. The van der Waals surface area contributed by atoms with Gasteiger partial charge in [-0.05, 0) is 38.3 Å². The highest BCUT2D eigenvalue weighted by molar-refractivity contribution is 8.00. The zero-order chi connectivity index (χ0) is 12.5. The van der Waals surface area contributed by atoms with Crippen LogP contribution < -0.4 is 11.5 Å². The van der Waals surface area contributed by atoms with Gasteiger partial charge in [-0.3, -0.25) is 4.79 Å². The summed E-state index contributed by atoms with van der Waals surface area (Å²) in [5, 5.41) is 0.398. The zero-order valence-corrected chi connectivity index (χ0v) is 10.8. The molecule has 1 amide bonds. The minimum Gasteiger partial charge on any atom is -0.368 e. The largest absolute Gasteiger partial charge is 0.368 e. The van der Waals surface area contributed by atoms with E-state index in [0.29, 0.717) is 18.1 Å². The number of thioether (sulfide) groups is 1. The number of nitrogens with two attached hydrogens (primary N) is 2. The Labute approximate surface area is 106 Å². The summed E-state index contributed by atoms with van der Waals surface area (Å²) in [7, 11) is 0. The van der Waals surface area contributed by atoms with Crippen molar-refractivity contribution in [1.29, 1.82) is 0 Å². The summed E-state index contributed by atoms with van der Waals surface area (Å²) < 4.78 is 0. The Morgan fingerprint density at radius 3 is 2.59 bits per heavy atom. The number of aryl methyl sites for hydroxylation is 1. The van der Waals surface area contributed by atoms with Gasteiger partial charge in [-0.1, -0.05) is 17.7 Å². The fourth-order valence-electron chi connectivity index (χ4n) is 2.16. The third-order valence-corrected chi connectivity index (χ3v) is 4.60. The van der Waals surface area contributed by atoms with Crippen molar-refractivity contribution in [2.45, 2.75) is 41.9 Å². The van der Waals surface area contributed by atoms with Gasteiger partial charge < -0.3 is 11.5 Å². The topological polar surface area (TPSA) is 69.1 Å². The number of benzene rings is 1. The summed E-state index contributed by atoms with van der Waals surface area (Å²) in [6.07, 6.45) is 2.34. The molecule has 17 heavy (non-hydrogen) atoms. The van der Waals surface area contributed by atoms with Crippen molar-refractivity contribution in [2.24, 2.45) is 11.5 Å². The smallest absolute Gasteiger partial charge is 0.237 e. The molecule has 1 aliphatic carbocycles. The van der Waals surface area contributed by atoms with Gasteiger partial charge in [-0.2, -0.15) is 0 Å². The highest BCUT2D eigenvalue weighted by Gasteiger charge is 2.40. The molecule has 1 aromatic carbocycles. The van der Waals surface area contributed by atoms with Crippen LogP contribution in [0.4, 0.5) is 0 Å². The predicted molar refractivity (Wildman–Crippen MR) is 70.8 cm³/mol. The summed E-state index contributed by atoms with van der Waals surface area (Å²) in [6.45, 7) is 2.07. The Kier molecular flexibility index (Phi) is 3.45. The van der Waals surface area contributed by atoms with Gasteiger partial charge in [-0.15, -0.1) is 11.8 Å². The summed E-state index contributed by atoms with van der Waals surface area (Å²) in [5.74, 6) is -0.371. The van der Waals surface area contributed by atoms with E-state index < -0.39 is 5.54 Å². The molecule has 3 nitrogen and oxygen atoms in total. The summed E-state index contributed by atoms with van der Waals surface area (Å²) in [4.78, 5) is 12.5. The molecule has 0 spiro atoms. The molecule has 0 radical (unpaired) electrons. The number of carbonyl (C=O) groups is 1. The van der Waals surface area contributed by atoms with E-state index in [4.69, 9.17) is 11.5 Å². The first kappa shape index (κ1) is 12.5. The molecule has 1 aliphatic rings. The third-order valence-electron chi connectivity index (χ3n) is 3.32. The molecular formula is C13H18N2OS. The molecule has 2 rings (SSSR count). The molecule has 2 unspecified atom stereocenters. The van der Waals surface area contributed by atoms with Crippen molar-refractivity contribution in [2.75, 3.05) is 0 Å². The maximum Gasteiger partial charge on any atom is 0.237 e. The van der Waals surface area contributed by atoms with Gasteiger partial charge in [0.15, 0.2) is 0 Å². The Morgan fingerprint density at radius 2 is 2.06 bits per heavy atom. The SMILES string of the molecule is Cc1ccc(SC2CCC(N)(C(N)=O)C2)cc1. The molecule has 0 saturated heterocycles. The van der Waals surface area contributed by atoms with Crippen molar-refractivity contribution >= 4 is 17.7 Å². The van der Waals surface area contributed by atoms with Gasteiger partial charge in [0.2, 0.25) is 5.91 Å². The van der Waals surface area contributed by atoms with Gasteiger partial charge in [-0.25, -0.2) is 0 Å². The normalized spacial score (nSPS) is 28.2. The summed E-state index contributed by atoms with van der Waals surface area (Å²) >= 11 is 1.79. The lowest BCUT2D eigenvalue weighted by molar-refractivity contribution is -0.122. The highest BCUT2D eigenvalue weighted by atomic mass is 32.2. The summed E-state index contributed by atoms with van der Waals surface area (Å²) in [5.41, 5.74) is 11.8. The third kappa shape index (κ3) is 2.82. The van der Waals surface area contributed by atoms with Crippen molar-refractivity contribution in [1.82, 2.24) is 0 Å². The van der Waals surface area contributed by atoms with Crippen LogP contribution in [-0.2, 0) is 4.79 Å². The molecular weight excluding hydrogens is 232 g/mol. The van der Waals surface area contributed by atoms with Crippen LogP contribution in [0.25, 0.3) is 0 Å². The Hall–Kier alpha value is -1.00. The van der Waals surface area contributed by atoms with E-state index in [1.54, 1.807) is 11.8 Å². The number of primary amides is 1. The molecule has 92 valence electrons. The molecule has 1 aromatic rings. The van der Waals surface area contributed by atoms with Crippen molar-refractivity contribution in [3.05, 3.63) is 29.8 Å². The van der Waals surface area contributed by atoms with Crippen LogP contribution in [-0.4, -0.2) is 16.7 Å². The fraction of sp³-hybridized carbons (Fsp3) is 0.462. The monoisotopic (exact) mass is 250 g/mol. The molecule has 0 aliphatic heterocycles. The van der Waals surface area contributed by atoms with Gasteiger partial charge in [0.1, 0.15) is 0 Å². The van der Waals surface area contributed by atoms with Gasteiger partial charge >= 0.3 is 0 Å². The predicted octanol–water partition coefficient (Wildman–Crippen LogP) is 1.82. The maximum atomic E-state index is 11.3. The van der Waals surface area contributed by atoms with E-state index in [-0.39, 0.29) is 5.91 Å². The van der Waals surface area contributed by atoms with E-state index in [0.717, 1.165) is 6.42 Å². The number of hydrogen-bond acceptors (Lipinski definition) is 3. The van der Waals surface area contributed by atoms with Crippen molar-refractivity contribution in [3.8, 4) is 0 Å². The van der Waals surface area contributed by atoms with E-state index >= 15 is 0 Å². The Bertz CT molecular complexity index is 418. The van der Waals surface area contributed by atoms with Crippen LogP contribution >= 0.6 is 11.8 Å². The van der Waals surface area contributed by atoms with Crippen LogP contribution in [0.1, 0.15) is 24.8 Å². The number of amides is 1. The van der Waals surface area contributed by atoms with Gasteiger partial charge in [0.25, 0.3) is 0 Å². The molecule has 0 bridgehead atoms. The van der Waals surface area contributed by atoms with Crippen LogP contribution in [0.5, 0.6) is 0 Å². The molecule has 0 heterocycles. The maximum absolute atomic E-state index is 11.3. The van der Waals surface area contributed by atoms with Gasteiger partial charge in [0.05, 0.1) is 5.54 Å². The van der Waals surface area contributed by atoms with Crippen molar-refractivity contribution < 1.29 is 4.79 Å². The lowest BCUT2D eigenvalue weighted by atomic mass is 9.99. The number of rotatable bonds is 3. The quantitative estimate of drug-likeness (QED) is 0.859. The van der Waals surface area contributed by atoms with E-state index in [9.17, 15) is 4.79 Å². The molecule has 1 saturated carbocycles. The molecule has 2 atom stereocenters. The Balaban J connectivity index is 1.98. The van der Waals surface area contributed by atoms with Crippen LogP contribution in [0, 0.1) is 6.92 Å². The highest BCUT2D eigenvalue weighted by Crippen LogP contribution is 2.38. The standard InChI is InChI=1S/C13H18N2OS/c1-9-2-4-10(5-3-9)17-11-6-7-13(15,8-11)12(14)16/h2-5,11H,6-8,15H2,1H3,(H2,14,16). The average molecular weight is 250 g/mol. The van der Waals surface area contributed by atoms with Gasteiger partial charge in [0, 0.05) is 10.1 Å². The molecule has 4 heteroatoms.